The van der Waals surface area contributed by atoms with Gasteiger partial charge in [-0.3, -0.25) is 4.79 Å². The van der Waals surface area contributed by atoms with E-state index in [0.29, 0.717) is 13.1 Å². The molecule has 0 unspecified atom stereocenters. The molecule has 0 fully saturated rings. The molecule has 15 heavy (non-hydrogen) atoms. The van der Waals surface area contributed by atoms with E-state index in [-0.39, 0.29) is 11.3 Å². The van der Waals surface area contributed by atoms with Gasteiger partial charge in [-0.15, -0.1) is 0 Å². The van der Waals surface area contributed by atoms with Crippen molar-refractivity contribution >= 4 is 5.97 Å². The average molecular weight is 211 g/mol. The highest BCUT2D eigenvalue weighted by Gasteiger charge is 2.06. The summed E-state index contributed by atoms with van der Waals surface area (Å²) in [6.07, 6.45) is 0. The van der Waals surface area contributed by atoms with Gasteiger partial charge in [0.25, 0.3) is 5.56 Å². The molecule has 0 spiro atoms. The molecular weight excluding hydrogens is 198 g/mol. The van der Waals surface area contributed by atoms with E-state index in [4.69, 9.17) is 5.11 Å². The van der Waals surface area contributed by atoms with Crippen molar-refractivity contribution < 1.29 is 9.90 Å². The topological polar surface area (TPSA) is 75.4 Å². The standard InChI is InChI=1S/C9H13N3O3/c1-11(2)5-6-12-8(13)4-3-7(10-12)9(14)15/h3-4H,5-6H2,1-2H3,(H,14,15). The quantitative estimate of drug-likeness (QED) is 0.726. The van der Waals surface area contributed by atoms with E-state index in [9.17, 15) is 9.59 Å². The average Bonchev–Trinajstić information content (AvgIpc) is 2.16. The molecule has 82 valence electrons. The molecule has 6 heteroatoms. The number of likely N-dealkylation sites (N-methyl/N-ethyl adjacent to an activating group) is 1. The molecule has 0 amide bonds. The minimum atomic E-state index is -1.13. The molecule has 0 aliphatic heterocycles. The van der Waals surface area contributed by atoms with Crippen molar-refractivity contribution in [2.45, 2.75) is 6.54 Å². The van der Waals surface area contributed by atoms with Crippen LogP contribution in [0, 0.1) is 0 Å². The Bertz CT molecular complexity index is 411. The zero-order valence-corrected chi connectivity index (χ0v) is 8.67. The lowest BCUT2D eigenvalue weighted by Gasteiger charge is -2.10. The third-order valence-corrected chi connectivity index (χ3v) is 1.84. The van der Waals surface area contributed by atoms with E-state index in [0.717, 1.165) is 4.68 Å². The summed E-state index contributed by atoms with van der Waals surface area (Å²) in [6, 6.07) is 2.42. The number of nitrogens with zero attached hydrogens (tertiary/aromatic N) is 3. The van der Waals surface area contributed by atoms with Crippen molar-refractivity contribution in [1.29, 1.82) is 0 Å². The van der Waals surface area contributed by atoms with Crippen LogP contribution in [0.1, 0.15) is 10.5 Å². The first-order chi connectivity index (χ1) is 7.00. The molecule has 0 aromatic carbocycles. The Kier molecular flexibility index (Phi) is 3.56. The van der Waals surface area contributed by atoms with Gasteiger partial charge in [0.2, 0.25) is 0 Å². The monoisotopic (exact) mass is 211 g/mol. The molecule has 1 N–H and O–H groups in total. The molecule has 0 saturated heterocycles. The van der Waals surface area contributed by atoms with E-state index in [1.54, 1.807) is 0 Å². The second-order valence-corrected chi connectivity index (χ2v) is 3.39. The maximum absolute atomic E-state index is 11.3. The van der Waals surface area contributed by atoms with Crippen molar-refractivity contribution in [2.24, 2.45) is 0 Å². The highest BCUT2D eigenvalue weighted by Crippen LogP contribution is 1.90. The van der Waals surface area contributed by atoms with Crippen molar-refractivity contribution in [3.63, 3.8) is 0 Å². The summed E-state index contributed by atoms with van der Waals surface area (Å²) in [7, 11) is 3.73. The van der Waals surface area contributed by atoms with Gasteiger partial charge in [0.15, 0.2) is 5.69 Å². The van der Waals surface area contributed by atoms with Crippen molar-refractivity contribution in [1.82, 2.24) is 14.7 Å². The smallest absolute Gasteiger partial charge is 0.356 e. The predicted octanol–water partition coefficient (Wildman–Crippen LogP) is -0.497. The van der Waals surface area contributed by atoms with Crippen LogP contribution in [-0.2, 0) is 6.54 Å². The molecule has 1 heterocycles. The van der Waals surface area contributed by atoms with Crippen LogP contribution < -0.4 is 5.56 Å². The molecule has 0 saturated carbocycles. The van der Waals surface area contributed by atoms with Crippen LogP contribution in [0.5, 0.6) is 0 Å². The molecule has 1 aromatic rings. The molecule has 0 radical (unpaired) electrons. The Labute approximate surface area is 86.8 Å². The van der Waals surface area contributed by atoms with Crippen molar-refractivity contribution in [3.8, 4) is 0 Å². The summed E-state index contributed by atoms with van der Waals surface area (Å²) in [5.74, 6) is -1.13. The normalized spacial score (nSPS) is 10.6. The van der Waals surface area contributed by atoms with E-state index in [1.807, 2.05) is 19.0 Å². The number of hydrogen-bond acceptors (Lipinski definition) is 4. The summed E-state index contributed by atoms with van der Waals surface area (Å²) in [5, 5.41) is 12.4. The van der Waals surface area contributed by atoms with E-state index in [2.05, 4.69) is 5.10 Å². The third-order valence-electron chi connectivity index (χ3n) is 1.84. The van der Waals surface area contributed by atoms with Gasteiger partial charge in [-0.2, -0.15) is 5.10 Å². The van der Waals surface area contributed by atoms with Gasteiger partial charge in [-0.05, 0) is 20.2 Å². The van der Waals surface area contributed by atoms with Crippen LogP contribution in [-0.4, -0.2) is 46.4 Å². The minimum absolute atomic E-state index is 0.117. The van der Waals surface area contributed by atoms with Gasteiger partial charge in [0.05, 0.1) is 6.54 Å². The van der Waals surface area contributed by atoms with Gasteiger partial charge in [-0.1, -0.05) is 0 Å². The Hall–Kier alpha value is -1.69. The highest BCUT2D eigenvalue weighted by atomic mass is 16.4. The van der Waals surface area contributed by atoms with Gasteiger partial charge in [0, 0.05) is 12.6 Å². The first-order valence-corrected chi connectivity index (χ1v) is 4.47. The lowest BCUT2D eigenvalue weighted by Crippen LogP contribution is -2.29. The zero-order valence-electron chi connectivity index (χ0n) is 8.67. The van der Waals surface area contributed by atoms with Crippen molar-refractivity contribution in [2.75, 3.05) is 20.6 Å². The Morgan fingerprint density at radius 2 is 2.20 bits per heavy atom. The largest absolute Gasteiger partial charge is 0.476 e. The van der Waals surface area contributed by atoms with Crippen LogP contribution >= 0.6 is 0 Å². The zero-order chi connectivity index (χ0) is 11.4. The fourth-order valence-corrected chi connectivity index (χ4v) is 1.02. The first kappa shape index (κ1) is 11.4. The van der Waals surface area contributed by atoms with Gasteiger partial charge in [-0.25, -0.2) is 9.48 Å². The summed E-state index contributed by atoms with van der Waals surface area (Å²) in [5.41, 5.74) is -0.407. The van der Waals surface area contributed by atoms with Crippen LogP contribution in [0.4, 0.5) is 0 Å². The van der Waals surface area contributed by atoms with Crippen LogP contribution in [0.25, 0.3) is 0 Å². The first-order valence-electron chi connectivity index (χ1n) is 4.47. The predicted molar refractivity (Wildman–Crippen MR) is 54.0 cm³/mol. The molecular formula is C9H13N3O3. The number of carboxylic acids is 1. The fourth-order valence-electron chi connectivity index (χ4n) is 1.02. The van der Waals surface area contributed by atoms with E-state index < -0.39 is 5.97 Å². The Morgan fingerprint density at radius 3 is 2.73 bits per heavy atom. The van der Waals surface area contributed by atoms with Crippen LogP contribution in [0.2, 0.25) is 0 Å². The number of aromatic nitrogens is 2. The number of hydrogen-bond donors (Lipinski definition) is 1. The summed E-state index contributed by atoms with van der Waals surface area (Å²) in [6.45, 7) is 1.02. The van der Waals surface area contributed by atoms with Crippen molar-refractivity contribution in [3.05, 3.63) is 28.2 Å². The summed E-state index contributed by atoms with van der Waals surface area (Å²) in [4.78, 5) is 23.8. The molecule has 6 nitrogen and oxygen atoms in total. The molecule has 0 aliphatic carbocycles. The maximum Gasteiger partial charge on any atom is 0.356 e. The minimum Gasteiger partial charge on any atom is -0.476 e. The summed E-state index contributed by atoms with van der Waals surface area (Å²) < 4.78 is 1.16. The number of carboxylic acid groups (broad SMARTS) is 1. The van der Waals surface area contributed by atoms with E-state index in [1.165, 1.54) is 12.1 Å². The second-order valence-electron chi connectivity index (χ2n) is 3.39. The molecule has 1 aromatic heterocycles. The Morgan fingerprint density at radius 1 is 1.53 bits per heavy atom. The maximum atomic E-state index is 11.3. The van der Waals surface area contributed by atoms with E-state index >= 15 is 0 Å². The van der Waals surface area contributed by atoms with Gasteiger partial charge >= 0.3 is 5.97 Å². The fraction of sp³-hybridized carbons (Fsp3) is 0.444. The number of aromatic carboxylic acids is 1. The van der Waals surface area contributed by atoms with Crippen LogP contribution in [0.3, 0.4) is 0 Å². The molecule has 1 rings (SSSR count). The summed E-state index contributed by atoms with van der Waals surface area (Å²) >= 11 is 0. The highest BCUT2D eigenvalue weighted by molar-refractivity contribution is 5.84. The Balaban J connectivity index is 2.91. The van der Waals surface area contributed by atoms with Gasteiger partial charge in [0.1, 0.15) is 0 Å². The third kappa shape index (κ3) is 3.17. The molecule has 0 bridgehead atoms. The van der Waals surface area contributed by atoms with Gasteiger partial charge < -0.3 is 10.0 Å². The lowest BCUT2D eigenvalue weighted by atomic mass is 10.4. The molecule has 0 atom stereocenters. The van der Waals surface area contributed by atoms with Crippen LogP contribution in [0.15, 0.2) is 16.9 Å². The number of rotatable bonds is 4. The molecule has 0 aliphatic rings. The second kappa shape index (κ2) is 4.70. The SMILES string of the molecule is CN(C)CCn1nc(C(=O)O)ccc1=O. The lowest BCUT2D eigenvalue weighted by molar-refractivity contribution is 0.0687. The number of carbonyl (C=O) groups is 1.